The van der Waals surface area contributed by atoms with Gasteiger partial charge in [0.2, 0.25) is 0 Å². The maximum absolute atomic E-state index is 11.8. The minimum Gasteiger partial charge on any atom is -0.465 e. The fraction of sp³-hybridized carbons (Fsp3) is 0.917. The van der Waals surface area contributed by atoms with E-state index in [1.807, 2.05) is 20.8 Å². The molecule has 0 bridgehead atoms. The third kappa shape index (κ3) is 5.47. The highest BCUT2D eigenvalue weighted by atomic mass is 16.5. The highest BCUT2D eigenvalue weighted by Crippen LogP contribution is 2.12. The summed E-state index contributed by atoms with van der Waals surface area (Å²) in [6, 6.07) is 0. The van der Waals surface area contributed by atoms with Gasteiger partial charge in [-0.2, -0.15) is 0 Å². The van der Waals surface area contributed by atoms with Crippen molar-refractivity contribution in [2.45, 2.75) is 46.1 Å². The number of carbonyl (C=O) groups excluding carboxylic acids is 1. The first-order chi connectivity index (χ1) is 7.60. The lowest BCUT2D eigenvalue weighted by Crippen LogP contribution is -2.51. The summed E-state index contributed by atoms with van der Waals surface area (Å²) in [5.41, 5.74) is -0.624. The van der Waals surface area contributed by atoms with Gasteiger partial charge in [-0.25, -0.2) is 0 Å². The van der Waals surface area contributed by atoms with Crippen LogP contribution in [0.3, 0.4) is 0 Å². The van der Waals surface area contributed by atoms with Crippen LogP contribution >= 0.6 is 0 Å². The third-order valence-electron chi connectivity index (χ3n) is 2.44. The van der Waals surface area contributed by atoms with Crippen LogP contribution in [0.5, 0.6) is 0 Å². The Kier molecular flexibility index (Phi) is 8.21. The van der Waals surface area contributed by atoms with Crippen LogP contribution in [0.15, 0.2) is 0 Å². The smallest absolute Gasteiger partial charge is 0.326 e. The van der Waals surface area contributed by atoms with E-state index in [-0.39, 0.29) is 5.97 Å². The van der Waals surface area contributed by atoms with Crippen LogP contribution in [0, 0.1) is 0 Å². The molecule has 0 spiro atoms. The van der Waals surface area contributed by atoms with Crippen LogP contribution < -0.4 is 5.32 Å². The van der Waals surface area contributed by atoms with Gasteiger partial charge < -0.3 is 14.8 Å². The molecule has 0 heterocycles. The Labute approximate surface area is 98.7 Å². The number of hydrogen-bond donors (Lipinski definition) is 1. The monoisotopic (exact) mass is 231 g/mol. The molecule has 4 heteroatoms. The Balaban J connectivity index is 4.28. The maximum atomic E-state index is 11.8. The number of ether oxygens (including phenoxy) is 2. The summed E-state index contributed by atoms with van der Waals surface area (Å²) >= 11 is 0. The Bertz CT molecular complexity index is 197. The van der Waals surface area contributed by atoms with Gasteiger partial charge in [0.1, 0.15) is 5.54 Å². The van der Waals surface area contributed by atoms with Gasteiger partial charge in [0.15, 0.2) is 0 Å². The molecule has 0 aromatic heterocycles. The summed E-state index contributed by atoms with van der Waals surface area (Å²) in [4.78, 5) is 11.8. The lowest BCUT2D eigenvalue weighted by molar-refractivity contribution is -0.151. The van der Waals surface area contributed by atoms with Gasteiger partial charge in [-0.05, 0) is 40.2 Å². The molecule has 0 aliphatic rings. The number of esters is 1. The first kappa shape index (κ1) is 15.4. The molecule has 1 atom stereocenters. The van der Waals surface area contributed by atoms with E-state index in [0.29, 0.717) is 26.2 Å². The van der Waals surface area contributed by atoms with Crippen LogP contribution in [-0.2, 0) is 14.3 Å². The summed E-state index contributed by atoms with van der Waals surface area (Å²) < 4.78 is 10.4. The zero-order valence-corrected chi connectivity index (χ0v) is 11.0. The lowest BCUT2D eigenvalue weighted by Gasteiger charge is -2.28. The van der Waals surface area contributed by atoms with Crippen molar-refractivity contribution in [3.63, 3.8) is 0 Å². The Morgan fingerprint density at radius 2 is 1.94 bits per heavy atom. The molecule has 0 aliphatic heterocycles. The molecule has 0 fully saturated rings. The molecular formula is C12H25NO3. The summed E-state index contributed by atoms with van der Waals surface area (Å²) in [7, 11) is 0. The number of carbonyl (C=O) groups is 1. The molecule has 0 aromatic rings. The average Bonchev–Trinajstić information content (AvgIpc) is 2.27. The van der Waals surface area contributed by atoms with Gasteiger partial charge in [-0.3, -0.25) is 4.79 Å². The van der Waals surface area contributed by atoms with Gasteiger partial charge >= 0.3 is 5.97 Å². The third-order valence-corrected chi connectivity index (χ3v) is 2.44. The predicted octanol–water partition coefficient (Wildman–Crippen LogP) is 1.73. The van der Waals surface area contributed by atoms with Gasteiger partial charge in [0, 0.05) is 13.2 Å². The van der Waals surface area contributed by atoms with Crippen molar-refractivity contribution in [2.24, 2.45) is 0 Å². The van der Waals surface area contributed by atoms with Gasteiger partial charge in [-0.15, -0.1) is 0 Å². The Morgan fingerprint density at radius 3 is 2.44 bits per heavy atom. The average molecular weight is 231 g/mol. The van der Waals surface area contributed by atoms with E-state index in [9.17, 15) is 4.79 Å². The van der Waals surface area contributed by atoms with Crippen LogP contribution in [0.4, 0.5) is 0 Å². The molecule has 1 N–H and O–H groups in total. The second-order valence-electron chi connectivity index (χ2n) is 3.93. The minimum absolute atomic E-state index is 0.192. The van der Waals surface area contributed by atoms with Crippen molar-refractivity contribution >= 4 is 5.97 Å². The second kappa shape index (κ2) is 8.53. The zero-order valence-electron chi connectivity index (χ0n) is 11.0. The molecule has 0 saturated carbocycles. The van der Waals surface area contributed by atoms with E-state index in [0.717, 1.165) is 13.0 Å². The van der Waals surface area contributed by atoms with Gasteiger partial charge in [-0.1, -0.05) is 6.92 Å². The molecule has 0 radical (unpaired) electrons. The molecule has 0 saturated heterocycles. The summed E-state index contributed by atoms with van der Waals surface area (Å²) in [5, 5.41) is 3.23. The van der Waals surface area contributed by atoms with Crippen molar-refractivity contribution in [2.75, 3.05) is 26.4 Å². The molecule has 0 aliphatic carbocycles. The molecule has 0 rings (SSSR count). The maximum Gasteiger partial charge on any atom is 0.326 e. The predicted molar refractivity (Wildman–Crippen MR) is 64.4 cm³/mol. The molecular weight excluding hydrogens is 206 g/mol. The van der Waals surface area contributed by atoms with E-state index in [2.05, 4.69) is 12.2 Å². The Morgan fingerprint density at radius 1 is 1.25 bits per heavy atom. The van der Waals surface area contributed by atoms with E-state index in [1.54, 1.807) is 0 Å². The first-order valence-corrected chi connectivity index (χ1v) is 6.10. The summed E-state index contributed by atoms with van der Waals surface area (Å²) in [5.74, 6) is -0.192. The van der Waals surface area contributed by atoms with Crippen LogP contribution in [0.2, 0.25) is 0 Å². The SMILES string of the molecule is CCCNC(C)(CCOCC)C(=O)OCC. The van der Waals surface area contributed by atoms with E-state index < -0.39 is 5.54 Å². The second-order valence-corrected chi connectivity index (χ2v) is 3.93. The van der Waals surface area contributed by atoms with Crippen LogP contribution in [0.1, 0.15) is 40.5 Å². The van der Waals surface area contributed by atoms with Crippen molar-refractivity contribution in [3.8, 4) is 0 Å². The van der Waals surface area contributed by atoms with Crippen molar-refractivity contribution in [1.29, 1.82) is 0 Å². The highest BCUT2D eigenvalue weighted by molar-refractivity contribution is 5.80. The minimum atomic E-state index is -0.624. The summed E-state index contributed by atoms with van der Waals surface area (Å²) in [6.45, 7) is 10.2. The lowest BCUT2D eigenvalue weighted by atomic mass is 9.98. The van der Waals surface area contributed by atoms with E-state index in [1.165, 1.54) is 0 Å². The van der Waals surface area contributed by atoms with Gasteiger partial charge in [0.05, 0.1) is 6.61 Å². The normalized spacial score (nSPS) is 14.5. The van der Waals surface area contributed by atoms with Crippen molar-refractivity contribution < 1.29 is 14.3 Å². The molecule has 16 heavy (non-hydrogen) atoms. The zero-order chi connectivity index (χ0) is 12.4. The van der Waals surface area contributed by atoms with Crippen LogP contribution in [0.25, 0.3) is 0 Å². The molecule has 0 amide bonds. The molecule has 0 aromatic carbocycles. The standard InChI is InChI=1S/C12H25NO3/c1-5-9-13-12(4,8-10-15-6-2)11(14)16-7-3/h13H,5-10H2,1-4H3. The number of rotatable bonds is 9. The Hall–Kier alpha value is -0.610. The van der Waals surface area contributed by atoms with Crippen LogP contribution in [-0.4, -0.2) is 37.9 Å². The van der Waals surface area contributed by atoms with E-state index in [4.69, 9.17) is 9.47 Å². The van der Waals surface area contributed by atoms with Gasteiger partial charge in [0.25, 0.3) is 0 Å². The fourth-order valence-corrected chi connectivity index (χ4v) is 1.37. The van der Waals surface area contributed by atoms with Crippen molar-refractivity contribution in [1.82, 2.24) is 5.32 Å². The number of hydrogen-bond acceptors (Lipinski definition) is 4. The quantitative estimate of drug-likeness (QED) is 0.485. The highest BCUT2D eigenvalue weighted by Gasteiger charge is 2.33. The summed E-state index contributed by atoms with van der Waals surface area (Å²) in [6.07, 6.45) is 1.63. The number of nitrogens with one attached hydrogen (secondary N) is 1. The largest absolute Gasteiger partial charge is 0.465 e. The fourth-order valence-electron chi connectivity index (χ4n) is 1.37. The molecule has 1 unspecified atom stereocenters. The topological polar surface area (TPSA) is 47.6 Å². The molecule has 96 valence electrons. The van der Waals surface area contributed by atoms with Crippen molar-refractivity contribution in [3.05, 3.63) is 0 Å². The molecule has 4 nitrogen and oxygen atoms in total. The van der Waals surface area contributed by atoms with E-state index >= 15 is 0 Å². The first-order valence-electron chi connectivity index (χ1n) is 6.10.